The second-order valence-electron chi connectivity index (χ2n) is 8.94. The largest absolute Gasteiger partial charge is 0.325 e. The smallest absolute Gasteiger partial charge is 0.291 e. The summed E-state index contributed by atoms with van der Waals surface area (Å²) >= 11 is 0. The lowest BCUT2D eigenvalue weighted by atomic mass is 9.98. The lowest BCUT2D eigenvalue weighted by Crippen LogP contribution is -2.29. The monoisotopic (exact) mass is 517 g/mol. The molecule has 192 valence electrons. The molecule has 1 aromatic heterocycles. The number of para-hydroxylation sites is 2. The molecule has 0 aliphatic heterocycles. The number of Topliss-reactive ketones (excluding diaryl/α,β-unsaturated/α-hetero) is 2. The normalized spacial score (nSPS) is 12.0. The Kier molecular flexibility index (Phi) is 6.85. The molecule has 1 atom stereocenters. The second-order valence-corrected chi connectivity index (χ2v) is 8.94. The molecule has 4 aromatic rings. The number of hydrogen-bond acceptors (Lipinski definition) is 6. The van der Waals surface area contributed by atoms with Gasteiger partial charge < -0.3 is 10.6 Å². The Labute approximate surface area is 224 Å². The molecule has 0 spiro atoms. The summed E-state index contributed by atoms with van der Waals surface area (Å²) in [4.78, 5) is 50.9. The number of hydrogen-bond donors (Lipinski definition) is 2. The van der Waals surface area contributed by atoms with E-state index in [1.54, 1.807) is 54.1 Å². The molecule has 0 saturated carbocycles. The van der Waals surface area contributed by atoms with Gasteiger partial charge in [0.05, 0.1) is 17.5 Å². The summed E-state index contributed by atoms with van der Waals surface area (Å²) in [5.41, 5.74) is 4.19. The van der Waals surface area contributed by atoms with Crippen molar-refractivity contribution in [3.63, 3.8) is 0 Å². The van der Waals surface area contributed by atoms with Gasteiger partial charge in [0, 0.05) is 35.3 Å². The number of amides is 2. The van der Waals surface area contributed by atoms with Gasteiger partial charge in [0.25, 0.3) is 5.91 Å². The van der Waals surface area contributed by atoms with E-state index in [2.05, 4.69) is 15.7 Å². The molecule has 39 heavy (non-hydrogen) atoms. The molecule has 1 heterocycles. The molecule has 0 fully saturated rings. The zero-order valence-corrected chi connectivity index (χ0v) is 21.0. The lowest BCUT2D eigenvalue weighted by molar-refractivity contribution is -0.134. The van der Waals surface area contributed by atoms with Gasteiger partial charge in [-0.05, 0) is 35.9 Å². The molecule has 1 unspecified atom stereocenters. The minimum Gasteiger partial charge on any atom is -0.325 e. The van der Waals surface area contributed by atoms with Crippen LogP contribution in [0.3, 0.4) is 0 Å². The number of ketones is 2. The van der Waals surface area contributed by atoms with Crippen molar-refractivity contribution in [2.45, 2.75) is 19.8 Å². The van der Waals surface area contributed by atoms with Crippen LogP contribution in [0.5, 0.6) is 0 Å². The van der Waals surface area contributed by atoms with Crippen LogP contribution >= 0.6 is 0 Å². The van der Waals surface area contributed by atoms with E-state index in [9.17, 15) is 24.4 Å². The Morgan fingerprint density at radius 2 is 1.62 bits per heavy atom. The molecular formula is C30H23N5O4. The first-order valence-corrected chi connectivity index (χ1v) is 12.4. The molecule has 0 radical (unpaired) electrons. The standard InChI is InChI=1S/C30H23N5O4/c1-2-25(36)30(39)33-24-15-9-14-20-21(24)16-22-26(34-35(27(20)22)19-12-7-4-8-13-19)28(37)23(17-31)29(38)32-18-10-5-3-6-11-18/h3-15,23H,2,16H2,1H3,(H,32,38)(H,33,39). The van der Waals surface area contributed by atoms with Crippen molar-refractivity contribution >= 4 is 34.8 Å². The first-order chi connectivity index (χ1) is 18.9. The summed E-state index contributed by atoms with van der Waals surface area (Å²) in [5.74, 6) is -4.37. The molecule has 3 aromatic carbocycles. The average Bonchev–Trinajstić information content (AvgIpc) is 3.52. The summed E-state index contributed by atoms with van der Waals surface area (Å²) in [7, 11) is 0. The van der Waals surface area contributed by atoms with Gasteiger partial charge >= 0.3 is 0 Å². The fourth-order valence-corrected chi connectivity index (χ4v) is 4.60. The van der Waals surface area contributed by atoms with Crippen molar-refractivity contribution in [1.82, 2.24) is 9.78 Å². The molecular weight excluding hydrogens is 494 g/mol. The van der Waals surface area contributed by atoms with Crippen LogP contribution < -0.4 is 10.6 Å². The van der Waals surface area contributed by atoms with Crippen molar-refractivity contribution in [2.24, 2.45) is 5.92 Å². The van der Waals surface area contributed by atoms with Crippen LogP contribution in [0, 0.1) is 17.2 Å². The summed E-state index contributed by atoms with van der Waals surface area (Å²) in [6.07, 6.45) is 0.289. The van der Waals surface area contributed by atoms with Gasteiger partial charge in [-0.1, -0.05) is 55.5 Å². The Balaban J connectivity index is 1.57. The molecule has 9 heteroatoms. The number of anilines is 2. The summed E-state index contributed by atoms with van der Waals surface area (Å²) < 4.78 is 1.61. The van der Waals surface area contributed by atoms with Crippen LogP contribution in [0.2, 0.25) is 0 Å². The van der Waals surface area contributed by atoms with Gasteiger partial charge in [-0.3, -0.25) is 19.2 Å². The highest BCUT2D eigenvalue weighted by Gasteiger charge is 2.37. The average molecular weight is 518 g/mol. The van der Waals surface area contributed by atoms with E-state index in [1.165, 1.54) is 0 Å². The Morgan fingerprint density at radius 3 is 2.28 bits per heavy atom. The van der Waals surface area contributed by atoms with E-state index in [1.807, 2.05) is 42.5 Å². The highest BCUT2D eigenvalue weighted by Crippen LogP contribution is 2.43. The summed E-state index contributed by atoms with van der Waals surface area (Å²) in [5, 5.41) is 19.7. The SMILES string of the molecule is CCC(=O)C(=O)Nc1cccc2c1Cc1c(C(=O)C(C#N)C(=O)Nc3ccccc3)nn(-c3ccccc3)c1-2. The molecule has 0 saturated heterocycles. The van der Waals surface area contributed by atoms with Gasteiger partial charge in [-0.25, -0.2) is 4.68 Å². The van der Waals surface area contributed by atoms with Crippen molar-refractivity contribution in [2.75, 3.05) is 10.6 Å². The second kappa shape index (κ2) is 10.6. The Bertz CT molecular complexity index is 1650. The zero-order chi connectivity index (χ0) is 27.5. The topological polar surface area (TPSA) is 134 Å². The number of nitriles is 1. The lowest BCUT2D eigenvalue weighted by Gasteiger charge is -2.12. The Hall–Kier alpha value is -5.36. The van der Waals surface area contributed by atoms with Crippen LogP contribution in [0.4, 0.5) is 11.4 Å². The molecule has 0 bridgehead atoms. The van der Waals surface area contributed by atoms with Gasteiger partial charge in [0.1, 0.15) is 5.69 Å². The van der Waals surface area contributed by atoms with Crippen LogP contribution in [-0.4, -0.2) is 33.2 Å². The van der Waals surface area contributed by atoms with E-state index < -0.39 is 29.3 Å². The van der Waals surface area contributed by atoms with E-state index in [-0.39, 0.29) is 18.5 Å². The van der Waals surface area contributed by atoms with Crippen molar-refractivity contribution in [1.29, 1.82) is 5.26 Å². The number of carbonyl (C=O) groups excluding carboxylic acids is 4. The third-order valence-electron chi connectivity index (χ3n) is 6.52. The number of aromatic nitrogens is 2. The van der Waals surface area contributed by atoms with Crippen molar-refractivity contribution in [3.05, 3.63) is 95.7 Å². The maximum atomic E-state index is 13.7. The van der Waals surface area contributed by atoms with E-state index >= 15 is 0 Å². The fraction of sp³-hybridized carbons (Fsp3) is 0.133. The fourth-order valence-electron chi connectivity index (χ4n) is 4.60. The predicted octanol–water partition coefficient (Wildman–Crippen LogP) is 4.32. The molecule has 1 aliphatic rings. The van der Waals surface area contributed by atoms with Gasteiger partial charge in [0.15, 0.2) is 5.92 Å². The molecule has 2 amide bonds. The van der Waals surface area contributed by atoms with Crippen LogP contribution in [-0.2, 0) is 20.8 Å². The van der Waals surface area contributed by atoms with Gasteiger partial charge in [-0.15, -0.1) is 0 Å². The molecule has 2 N–H and O–H groups in total. The third kappa shape index (κ3) is 4.71. The summed E-state index contributed by atoms with van der Waals surface area (Å²) in [6.45, 7) is 1.61. The van der Waals surface area contributed by atoms with E-state index in [0.717, 1.165) is 5.56 Å². The van der Waals surface area contributed by atoms with Crippen LogP contribution in [0.25, 0.3) is 16.9 Å². The van der Waals surface area contributed by atoms with Crippen molar-refractivity contribution in [3.8, 4) is 23.0 Å². The first-order valence-electron chi connectivity index (χ1n) is 12.4. The van der Waals surface area contributed by atoms with E-state index in [4.69, 9.17) is 0 Å². The highest BCUT2D eigenvalue weighted by atomic mass is 16.2. The number of fused-ring (bicyclic) bond motifs is 3. The number of nitrogens with zero attached hydrogens (tertiary/aromatic N) is 3. The number of carbonyl (C=O) groups is 4. The minimum absolute atomic E-state index is 0.00160. The van der Waals surface area contributed by atoms with Crippen LogP contribution in [0.1, 0.15) is 35.0 Å². The number of rotatable bonds is 8. The zero-order valence-electron chi connectivity index (χ0n) is 21.0. The van der Waals surface area contributed by atoms with Crippen molar-refractivity contribution < 1.29 is 19.2 Å². The molecule has 1 aliphatic carbocycles. The minimum atomic E-state index is -1.63. The third-order valence-corrected chi connectivity index (χ3v) is 6.52. The first kappa shape index (κ1) is 25.3. The maximum Gasteiger partial charge on any atom is 0.291 e. The van der Waals surface area contributed by atoms with Gasteiger partial charge in [-0.2, -0.15) is 10.4 Å². The predicted molar refractivity (Wildman–Crippen MR) is 144 cm³/mol. The molecule has 9 nitrogen and oxygen atoms in total. The van der Waals surface area contributed by atoms with Gasteiger partial charge in [0.2, 0.25) is 17.5 Å². The van der Waals surface area contributed by atoms with Crippen LogP contribution in [0.15, 0.2) is 78.9 Å². The number of nitrogens with one attached hydrogen (secondary N) is 2. The van der Waals surface area contributed by atoms with E-state index in [0.29, 0.717) is 33.9 Å². The maximum absolute atomic E-state index is 13.7. The summed E-state index contributed by atoms with van der Waals surface area (Å²) in [6, 6.07) is 24.9. The molecule has 5 rings (SSSR count). The number of benzene rings is 3. The highest BCUT2D eigenvalue weighted by molar-refractivity contribution is 6.40. The quantitative estimate of drug-likeness (QED) is 0.179. The Morgan fingerprint density at radius 1 is 0.923 bits per heavy atom.